The molecule has 0 saturated heterocycles. The largest absolute Gasteiger partial charge is 0.364 e. The predicted octanol–water partition coefficient (Wildman–Crippen LogP) is 3.62. The minimum Gasteiger partial charge on any atom is -0.364 e. The van der Waals surface area contributed by atoms with Crippen molar-refractivity contribution in [3.05, 3.63) is 33.6 Å². The van der Waals surface area contributed by atoms with Gasteiger partial charge in [-0.2, -0.15) is 0 Å². The van der Waals surface area contributed by atoms with Crippen molar-refractivity contribution in [1.82, 2.24) is 9.88 Å². The Bertz CT molecular complexity index is 597. The molecule has 0 aliphatic carbocycles. The number of Topliss-reactive ketones (excluding diaryl/α,β-unsaturated/α-hetero) is 1. The smallest absolute Gasteiger partial charge is 0.288 e. The predicted molar refractivity (Wildman–Crippen MR) is 93.0 cm³/mol. The van der Waals surface area contributed by atoms with Gasteiger partial charge in [0.2, 0.25) is 0 Å². The van der Waals surface area contributed by atoms with Crippen LogP contribution in [0.1, 0.15) is 27.3 Å². The lowest BCUT2D eigenvalue weighted by Gasteiger charge is -2.12. The second kappa shape index (κ2) is 8.61. The molecule has 1 aromatic rings. The summed E-state index contributed by atoms with van der Waals surface area (Å²) in [4.78, 5) is 27.0. The van der Waals surface area contributed by atoms with E-state index in [1.165, 1.54) is 11.8 Å². The number of pyridine rings is 1. The summed E-state index contributed by atoms with van der Waals surface area (Å²) in [6, 6.07) is 1.15. The molecular weight excluding hydrogens is 369 g/mol. The van der Waals surface area contributed by atoms with Gasteiger partial charge in [0, 0.05) is 37.9 Å². The maximum atomic E-state index is 12.2. The van der Waals surface area contributed by atoms with Gasteiger partial charge < -0.3 is 4.90 Å². The van der Waals surface area contributed by atoms with Crippen LogP contribution in [0, 0.1) is 10.1 Å². The fraction of sp³-hybridized carbons (Fsp3) is 0.417. The second-order valence-electron chi connectivity index (χ2n) is 4.37. The number of hydrogen-bond donors (Lipinski definition) is 0. The van der Waals surface area contributed by atoms with E-state index in [2.05, 4.69) is 4.98 Å². The van der Waals surface area contributed by atoms with Crippen LogP contribution < -0.4 is 0 Å². The average molecular weight is 382 g/mol. The van der Waals surface area contributed by atoms with Gasteiger partial charge in [-0.15, -0.1) is 0 Å². The lowest BCUT2D eigenvalue weighted by atomic mass is 10.1. The first-order chi connectivity index (χ1) is 10.2. The van der Waals surface area contributed by atoms with Crippen LogP contribution >= 0.6 is 47.2 Å². The van der Waals surface area contributed by atoms with Crippen LogP contribution in [0.15, 0.2) is 12.3 Å². The summed E-state index contributed by atoms with van der Waals surface area (Å²) in [5.74, 6) is 0.138. The molecule has 0 bridgehead atoms. The van der Waals surface area contributed by atoms with Crippen molar-refractivity contribution in [3.63, 3.8) is 0 Å². The molecule has 6 nitrogen and oxygen atoms in total. The molecule has 10 heteroatoms. The standard InChI is InChI=1S/C12H13Cl2N3O3S2/c1-16(2)12(21)22-4-3-9(18)8-5-7(17(19)20)6-15-10(8)11(13)14/h5-6,11H,3-4H2,1-2H3. The van der Waals surface area contributed by atoms with Gasteiger partial charge in [-0.1, -0.05) is 47.2 Å². The van der Waals surface area contributed by atoms with E-state index in [4.69, 9.17) is 35.4 Å². The molecule has 0 aromatic carbocycles. The Morgan fingerprint density at radius 3 is 2.68 bits per heavy atom. The minimum atomic E-state index is -1.03. The van der Waals surface area contributed by atoms with Crippen LogP contribution in [-0.2, 0) is 0 Å². The topological polar surface area (TPSA) is 76.3 Å². The van der Waals surface area contributed by atoms with Gasteiger partial charge in [0.25, 0.3) is 5.69 Å². The third-order valence-corrected chi connectivity index (χ3v) is 4.69. The highest BCUT2D eigenvalue weighted by Gasteiger charge is 2.21. The van der Waals surface area contributed by atoms with E-state index in [1.54, 1.807) is 4.90 Å². The van der Waals surface area contributed by atoms with Gasteiger partial charge in [-0.25, -0.2) is 0 Å². The fourth-order valence-corrected chi connectivity index (χ4v) is 2.77. The molecule has 0 radical (unpaired) electrons. The molecule has 120 valence electrons. The fourth-order valence-electron chi connectivity index (χ4n) is 1.46. The highest BCUT2D eigenvalue weighted by molar-refractivity contribution is 8.22. The Balaban J connectivity index is 2.88. The number of thiocarbonyl (C=S) groups is 1. The molecule has 0 fully saturated rings. The molecule has 0 unspecified atom stereocenters. The number of rotatable bonds is 6. The SMILES string of the molecule is CN(C)C(=S)SCCC(=O)c1cc([N+](=O)[O-])cnc1C(Cl)Cl. The van der Waals surface area contributed by atoms with Gasteiger partial charge in [-0.3, -0.25) is 19.9 Å². The summed E-state index contributed by atoms with van der Waals surface area (Å²) in [5, 5.41) is 10.8. The van der Waals surface area contributed by atoms with Gasteiger partial charge in [0.15, 0.2) is 5.78 Å². The number of nitrogens with zero attached hydrogens (tertiary/aromatic N) is 3. The number of hydrogen-bond acceptors (Lipinski definition) is 6. The van der Waals surface area contributed by atoms with Gasteiger partial charge >= 0.3 is 0 Å². The van der Waals surface area contributed by atoms with Crippen LogP contribution in [0.5, 0.6) is 0 Å². The Kier molecular flexibility index (Phi) is 7.47. The molecule has 0 saturated carbocycles. The number of carbonyl (C=O) groups excluding carboxylic acids is 1. The van der Waals surface area contributed by atoms with Crippen LogP contribution in [0.4, 0.5) is 5.69 Å². The molecule has 1 rings (SSSR count). The highest BCUT2D eigenvalue weighted by atomic mass is 35.5. The molecular formula is C12H13Cl2N3O3S2. The number of aromatic nitrogens is 1. The van der Waals surface area contributed by atoms with Crippen molar-refractivity contribution >= 4 is 63.0 Å². The zero-order chi connectivity index (χ0) is 16.9. The number of alkyl halides is 2. The van der Waals surface area contributed by atoms with E-state index in [9.17, 15) is 14.9 Å². The Morgan fingerprint density at radius 1 is 1.55 bits per heavy atom. The Labute approximate surface area is 147 Å². The lowest BCUT2D eigenvalue weighted by Crippen LogP contribution is -2.17. The number of halogens is 2. The van der Waals surface area contributed by atoms with Crippen LogP contribution in [0.3, 0.4) is 0 Å². The monoisotopic (exact) mass is 381 g/mol. The zero-order valence-electron chi connectivity index (χ0n) is 11.8. The summed E-state index contributed by atoms with van der Waals surface area (Å²) in [6.45, 7) is 0. The number of ketones is 1. The third kappa shape index (κ3) is 5.35. The molecule has 1 heterocycles. The molecule has 0 amide bonds. The quantitative estimate of drug-likeness (QED) is 0.245. The van der Waals surface area contributed by atoms with Crippen molar-refractivity contribution in [2.45, 2.75) is 11.3 Å². The van der Waals surface area contributed by atoms with Crippen LogP contribution in [0.2, 0.25) is 0 Å². The number of thioether (sulfide) groups is 1. The van der Waals surface area contributed by atoms with Gasteiger partial charge in [0.1, 0.15) is 15.4 Å². The van der Waals surface area contributed by atoms with Crippen LogP contribution in [0.25, 0.3) is 0 Å². The van der Waals surface area contributed by atoms with Gasteiger partial charge in [0.05, 0.1) is 10.6 Å². The first kappa shape index (κ1) is 19.1. The number of nitro groups is 1. The maximum absolute atomic E-state index is 12.2. The van der Waals surface area contributed by atoms with E-state index in [0.717, 1.165) is 12.3 Å². The first-order valence-corrected chi connectivity index (χ1v) is 8.30. The summed E-state index contributed by atoms with van der Waals surface area (Å²) in [6.07, 6.45) is 1.18. The Hall–Kier alpha value is -0.960. The minimum absolute atomic E-state index is 0.0700. The summed E-state index contributed by atoms with van der Waals surface area (Å²) < 4.78 is 0.651. The molecule has 0 N–H and O–H groups in total. The Morgan fingerprint density at radius 2 is 2.18 bits per heavy atom. The molecule has 0 aliphatic rings. The third-order valence-electron chi connectivity index (χ3n) is 2.54. The van der Waals surface area contributed by atoms with E-state index in [1.807, 2.05) is 14.1 Å². The molecule has 0 aliphatic heterocycles. The van der Waals surface area contributed by atoms with E-state index < -0.39 is 9.76 Å². The average Bonchev–Trinajstić information content (AvgIpc) is 2.45. The van der Waals surface area contributed by atoms with E-state index >= 15 is 0 Å². The van der Waals surface area contributed by atoms with Crippen molar-refractivity contribution in [1.29, 1.82) is 0 Å². The van der Waals surface area contributed by atoms with Crippen molar-refractivity contribution in [2.24, 2.45) is 0 Å². The molecule has 0 atom stereocenters. The molecule has 1 aromatic heterocycles. The first-order valence-electron chi connectivity index (χ1n) is 6.03. The van der Waals surface area contributed by atoms with Gasteiger partial charge in [-0.05, 0) is 0 Å². The van der Waals surface area contributed by atoms with Crippen LogP contribution in [-0.4, -0.2) is 44.8 Å². The second-order valence-corrected chi connectivity index (χ2v) is 7.19. The van der Waals surface area contributed by atoms with E-state index in [-0.39, 0.29) is 29.1 Å². The number of carbonyl (C=O) groups is 1. The summed E-state index contributed by atoms with van der Waals surface area (Å²) >= 11 is 18.0. The molecule has 0 spiro atoms. The van der Waals surface area contributed by atoms with E-state index in [0.29, 0.717) is 10.1 Å². The zero-order valence-corrected chi connectivity index (χ0v) is 14.9. The van der Waals surface area contributed by atoms with Crippen molar-refractivity contribution in [2.75, 3.05) is 19.8 Å². The summed E-state index contributed by atoms with van der Waals surface area (Å²) in [5.41, 5.74) is -0.0859. The summed E-state index contributed by atoms with van der Waals surface area (Å²) in [7, 11) is 3.62. The van der Waals surface area contributed by atoms with Crippen molar-refractivity contribution in [3.8, 4) is 0 Å². The maximum Gasteiger partial charge on any atom is 0.288 e. The normalized spacial score (nSPS) is 10.6. The van der Waals surface area contributed by atoms with Crippen molar-refractivity contribution < 1.29 is 9.72 Å². The highest BCUT2D eigenvalue weighted by Crippen LogP contribution is 2.29. The molecule has 22 heavy (non-hydrogen) atoms. The lowest BCUT2D eigenvalue weighted by molar-refractivity contribution is -0.385.